The minimum Gasteiger partial charge on any atom is -0.490 e. The molecule has 5 heteroatoms. The van der Waals surface area contributed by atoms with Crippen LogP contribution in [0, 0.1) is 0 Å². The lowest BCUT2D eigenvalue weighted by Gasteiger charge is -2.29. The molecule has 2 amide bonds. The molecule has 0 saturated carbocycles. The molecule has 0 unspecified atom stereocenters. The highest BCUT2D eigenvalue weighted by molar-refractivity contribution is 5.87. The van der Waals surface area contributed by atoms with Gasteiger partial charge in [0.1, 0.15) is 11.9 Å². The normalized spacial score (nSPS) is 17.4. The Morgan fingerprint density at radius 2 is 1.94 bits per heavy atom. The highest BCUT2D eigenvalue weighted by Gasteiger charge is 2.17. The van der Waals surface area contributed by atoms with Gasteiger partial charge in [0, 0.05) is 18.8 Å². The van der Waals surface area contributed by atoms with Gasteiger partial charge in [0.05, 0.1) is 0 Å². The second kappa shape index (κ2) is 5.73. The van der Waals surface area contributed by atoms with Gasteiger partial charge < -0.3 is 20.7 Å². The fourth-order valence-electron chi connectivity index (χ4n) is 2.05. The summed E-state index contributed by atoms with van der Waals surface area (Å²) < 4.78 is 5.89. The van der Waals surface area contributed by atoms with Crippen LogP contribution in [0.3, 0.4) is 0 Å². The van der Waals surface area contributed by atoms with Crippen LogP contribution in [-0.4, -0.2) is 37.2 Å². The predicted molar refractivity (Wildman–Crippen MR) is 70.8 cm³/mol. The van der Waals surface area contributed by atoms with Gasteiger partial charge >= 0.3 is 6.03 Å². The third-order valence-electron chi connectivity index (χ3n) is 3.09. The SMILES string of the molecule is CN1CCC(Oc2ccc(NC(N)=O)cc2)CC1. The predicted octanol–water partition coefficient (Wildman–Crippen LogP) is 1.65. The van der Waals surface area contributed by atoms with E-state index in [0.29, 0.717) is 5.69 Å². The average Bonchev–Trinajstić information content (AvgIpc) is 2.34. The number of hydrogen-bond donors (Lipinski definition) is 2. The summed E-state index contributed by atoms with van der Waals surface area (Å²) >= 11 is 0. The molecule has 98 valence electrons. The number of anilines is 1. The largest absolute Gasteiger partial charge is 0.490 e. The van der Waals surface area contributed by atoms with Crippen LogP contribution in [0.25, 0.3) is 0 Å². The lowest BCUT2D eigenvalue weighted by molar-refractivity contribution is 0.114. The first-order valence-corrected chi connectivity index (χ1v) is 6.15. The number of nitrogens with one attached hydrogen (secondary N) is 1. The molecule has 1 aliphatic heterocycles. The maximum Gasteiger partial charge on any atom is 0.316 e. The summed E-state index contributed by atoms with van der Waals surface area (Å²) in [6.07, 6.45) is 2.39. The lowest BCUT2D eigenvalue weighted by Crippen LogP contribution is -2.35. The van der Waals surface area contributed by atoms with Crippen LogP contribution in [0.2, 0.25) is 0 Å². The van der Waals surface area contributed by atoms with Gasteiger partial charge in [-0.2, -0.15) is 0 Å². The van der Waals surface area contributed by atoms with Crippen LogP contribution < -0.4 is 15.8 Å². The first-order chi connectivity index (χ1) is 8.63. The number of primary amides is 1. The molecule has 5 nitrogen and oxygen atoms in total. The van der Waals surface area contributed by atoms with Crippen molar-refractivity contribution in [3.05, 3.63) is 24.3 Å². The number of carbonyl (C=O) groups excluding carboxylic acids is 1. The van der Waals surface area contributed by atoms with Crippen molar-refractivity contribution in [3.8, 4) is 5.75 Å². The molecule has 1 aromatic rings. The Hall–Kier alpha value is -1.75. The molecule has 1 aromatic carbocycles. The number of hydrogen-bond acceptors (Lipinski definition) is 3. The summed E-state index contributed by atoms with van der Waals surface area (Å²) in [7, 11) is 2.13. The number of amides is 2. The number of piperidine rings is 1. The van der Waals surface area contributed by atoms with Crippen molar-refractivity contribution < 1.29 is 9.53 Å². The maximum absolute atomic E-state index is 10.7. The summed E-state index contributed by atoms with van der Waals surface area (Å²) in [6.45, 7) is 2.15. The van der Waals surface area contributed by atoms with E-state index in [1.807, 2.05) is 12.1 Å². The zero-order chi connectivity index (χ0) is 13.0. The van der Waals surface area contributed by atoms with Gasteiger partial charge in [0.2, 0.25) is 0 Å². The van der Waals surface area contributed by atoms with E-state index >= 15 is 0 Å². The van der Waals surface area contributed by atoms with E-state index in [1.54, 1.807) is 12.1 Å². The Kier molecular flexibility index (Phi) is 4.04. The summed E-state index contributed by atoms with van der Waals surface area (Å²) in [5, 5.41) is 2.52. The molecule has 1 heterocycles. The van der Waals surface area contributed by atoms with Crippen LogP contribution >= 0.6 is 0 Å². The van der Waals surface area contributed by atoms with Gasteiger partial charge in [-0.05, 0) is 44.2 Å². The summed E-state index contributed by atoms with van der Waals surface area (Å²) in [5.74, 6) is 0.833. The Bertz CT molecular complexity index is 397. The molecule has 2 rings (SSSR count). The molecular formula is C13H19N3O2. The van der Waals surface area contributed by atoms with Gasteiger partial charge in [-0.1, -0.05) is 0 Å². The number of likely N-dealkylation sites (tertiary alicyclic amines) is 1. The molecule has 1 aliphatic rings. The minimum atomic E-state index is -0.556. The van der Waals surface area contributed by atoms with Crippen LogP contribution in [0.4, 0.5) is 10.5 Å². The van der Waals surface area contributed by atoms with E-state index in [9.17, 15) is 4.79 Å². The van der Waals surface area contributed by atoms with Crippen LogP contribution in [0.15, 0.2) is 24.3 Å². The first kappa shape index (κ1) is 12.7. The van der Waals surface area contributed by atoms with E-state index in [2.05, 4.69) is 17.3 Å². The highest BCUT2D eigenvalue weighted by Crippen LogP contribution is 2.20. The van der Waals surface area contributed by atoms with E-state index in [0.717, 1.165) is 31.7 Å². The molecule has 0 aliphatic carbocycles. The molecule has 0 bridgehead atoms. The Balaban J connectivity index is 1.88. The standard InChI is InChI=1S/C13H19N3O2/c1-16-8-6-12(7-9-16)18-11-4-2-10(3-5-11)15-13(14)17/h2-5,12H,6-9H2,1H3,(H3,14,15,17). The molecule has 0 radical (unpaired) electrons. The zero-order valence-electron chi connectivity index (χ0n) is 10.6. The fraction of sp³-hybridized carbons (Fsp3) is 0.462. The van der Waals surface area contributed by atoms with E-state index < -0.39 is 6.03 Å². The van der Waals surface area contributed by atoms with Gasteiger partial charge in [0.25, 0.3) is 0 Å². The minimum absolute atomic E-state index is 0.288. The summed E-state index contributed by atoms with van der Waals surface area (Å²) in [5.41, 5.74) is 5.72. The number of ether oxygens (including phenoxy) is 1. The number of carbonyl (C=O) groups is 1. The number of rotatable bonds is 3. The third-order valence-corrected chi connectivity index (χ3v) is 3.09. The average molecular weight is 249 g/mol. The van der Waals surface area contributed by atoms with Crippen LogP contribution in [0.5, 0.6) is 5.75 Å². The van der Waals surface area contributed by atoms with Crippen molar-refractivity contribution >= 4 is 11.7 Å². The maximum atomic E-state index is 10.7. The molecule has 1 fully saturated rings. The topological polar surface area (TPSA) is 67.6 Å². The number of nitrogens with two attached hydrogens (primary N) is 1. The second-order valence-corrected chi connectivity index (χ2v) is 4.63. The summed E-state index contributed by atoms with van der Waals surface area (Å²) in [6, 6.07) is 6.72. The van der Waals surface area contributed by atoms with E-state index in [1.165, 1.54) is 0 Å². The van der Waals surface area contributed by atoms with Crippen molar-refractivity contribution in [2.24, 2.45) is 5.73 Å². The molecule has 0 atom stereocenters. The first-order valence-electron chi connectivity index (χ1n) is 6.15. The van der Waals surface area contributed by atoms with Crippen LogP contribution in [0.1, 0.15) is 12.8 Å². The molecule has 0 spiro atoms. The molecular weight excluding hydrogens is 230 g/mol. The third kappa shape index (κ3) is 3.63. The Morgan fingerprint density at radius 3 is 2.50 bits per heavy atom. The molecule has 0 aromatic heterocycles. The summed E-state index contributed by atoms with van der Waals surface area (Å²) in [4.78, 5) is 13.0. The van der Waals surface area contributed by atoms with Gasteiger partial charge in [-0.15, -0.1) is 0 Å². The van der Waals surface area contributed by atoms with Crippen molar-refractivity contribution in [1.82, 2.24) is 4.90 Å². The lowest BCUT2D eigenvalue weighted by atomic mass is 10.1. The monoisotopic (exact) mass is 249 g/mol. The zero-order valence-corrected chi connectivity index (χ0v) is 10.6. The number of nitrogens with zero attached hydrogens (tertiary/aromatic N) is 1. The van der Waals surface area contributed by atoms with Gasteiger partial charge in [-0.25, -0.2) is 4.79 Å². The molecule has 18 heavy (non-hydrogen) atoms. The fourth-order valence-corrected chi connectivity index (χ4v) is 2.05. The highest BCUT2D eigenvalue weighted by atomic mass is 16.5. The van der Waals surface area contributed by atoms with Crippen LogP contribution in [-0.2, 0) is 0 Å². The molecule has 1 saturated heterocycles. The van der Waals surface area contributed by atoms with Gasteiger partial charge in [-0.3, -0.25) is 0 Å². The molecule has 3 N–H and O–H groups in total. The Morgan fingerprint density at radius 1 is 1.33 bits per heavy atom. The van der Waals surface area contributed by atoms with E-state index in [-0.39, 0.29) is 6.10 Å². The smallest absolute Gasteiger partial charge is 0.316 e. The van der Waals surface area contributed by atoms with Crippen molar-refractivity contribution in [2.75, 3.05) is 25.5 Å². The van der Waals surface area contributed by atoms with E-state index in [4.69, 9.17) is 10.5 Å². The number of urea groups is 1. The van der Waals surface area contributed by atoms with Crippen molar-refractivity contribution in [3.63, 3.8) is 0 Å². The second-order valence-electron chi connectivity index (χ2n) is 4.63. The van der Waals surface area contributed by atoms with Crippen molar-refractivity contribution in [1.29, 1.82) is 0 Å². The Labute approximate surface area is 107 Å². The van der Waals surface area contributed by atoms with Gasteiger partial charge in [0.15, 0.2) is 0 Å². The van der Waals surface area contributed by atoms with Crippen molar-refractivity contribution in [2.45, 2.75) is 18.9 Å². The number of benzene rings is 1. The quantitative estimate of drug-likeness (QED) is 0.856.